The highest BCUT2D eigenvalue weighted by Crippen LogP contribution is 2.31. The Hall–Kier alpha value is -2.56. The smallest absolute Gasteiger partial charge is 0.252 e. The maximum absolute atomic E-state index is 13.2. The van der Waals surface area contributed by atoms with E-state index in [1.165, 1.54) is 4.31 Å². The van der Waals surface area contributed by atoms with Crippen molar-refractivity contribution in [1.29, 1.82) is 0 Å². The van der Waals surface area contributed by atoms with Crippen molar-refractivity contribution in [2.45, 2.75) is 37.8 Å². The zero-order chi connectivity index (χ0) is 22.2. The Morgan fingerprint density at radius 2 is 2.06 bits per heavy atom. The van der Waals surface area contributed by atoms with Crippen LogP contribution in [0.3, 0.4) is 0 Å². The number of rotatable bonds is 5. The van der Waals surface area contributed by atoms with Crippen LogP contribution in [0.5, 0.6) is 0 Å². The lowest BCUT2D eigenvalue weighted by Crippen LogP contribution is -2.43. The number of aryl methyl sites for hydroxylation is 3. The number of carbonyl (C=O) groups is 1. The third kappa shape index (κ3) is 4.56. The van der Waals surface area contributed by atoms with Crippen LogP contribution in [0.1, 0.15) is 29.9 Å². The van der Waals surface area contributed by atoms with Crippen LogP contribution in [0.2, 0.25) is 0 Å². The number of aromatic nitrogens is 2. The first-order valence-electron chi connectivity index (χ1n) is 10.0. The molecule has 1 N–H and O–H groups in total. The lowest BCUT2D eigenvalue weighted by atomic mass is 9.98. The molecule has 0 spiro atoms. The van der Waals surface area contributed by atoms with Gasteiger partial charge in [-0.1, -0.05) is 17.3 Å². The first-order chi connectivity index (χ1) is 14.7. The van der Waals surface area contributed by atoms with Gasteiger partial charge in [0.1, 0.15) is 4.21 Å². The first kappa shape index (κ1) is 21.7. The fourth-order valence-corrected chi connectivity index (χ4v) is 6.43. The van der Waals surface area contributed by atoms with Gasteiger partial charge in [0, 0.05) is 36.6 Å². The van der Waals surface area contributed by atoms with Crippen molar-refractivity contribution in [3.8, 4) is 11.4 Å². The summed E-state index contributed by atoms with van der Waals surface area (Å²) in [6, 6.07) is 7.44. The van der Waals surface area contributed by atoms with Gasteiger partial charge in [-0.2, -0.15) is 9.29 Å². The summed E-state index contributed by atoms with van der Waals surface area (Å²) in [7, 11) is -3.71. The molecule has 4 rings (SSSR count). The van der Waals surface area contributed by atoms with Gasteiger partial charge in [-0.05, 0) is 49.9 Å². The summed E-state index contributed by atoms with van der Waals surface area (Å²) >= 11 is 1.12. The first-order valence-corrected chi connectivity index (χ1v) is 12.3. The Morgan fingerprint density at radius 1 is 1.26 bits per heavy atom. The minimum Gasteiger partial charge on any atom is -0.339 e. The Morgan fingerprint density at radius 3 is 2.81 bits per heavy atom. The number of sulfonamides is 1. The Bertz CT molecular complexity index is 1220. The van der Waals surface area contributed by atoms with Crippen molar-refractivity contribution in [3.63, 3.8) is 0 Å². The molecule has 10 heteroatoms. The fraction of sp³-hybridized carbons (Fsp3) is 0.381. The van der Waals surface area contributed by atoms with Crippen LogP contribution in [-0.2, 0) is 14.8 Å². The molecule has 31 heavy (non-hydrogen) atoms. The second kappa shape index (κ2) is 8.52. The zero-order valence-corrected chi connectivity index (χ0v) is 19.2. The molecule has 1 atom stereocenters. The molecule has 1 unspecified atom stereocenters. The van der Waals surface area contributed by atoms with Crippen molar-refractivity contribution in [1.82, 2.24) is 14.4 Å². The molecule has 0 saturated carbocycles. The summed E-state index contributed by atoms with van der Waals surface area (Å²) in [6.07, 6.45) is 1.28. The van der Waals surface area contributed by atoms with Gasteiger partial charge in [0.25, 0.3) is 10.0 Å². The molecule has 1 fully saturated rings. The van der Waals surface area contributed by atoms with Gasteiger partial charge in [-0.3, -0.25) is 4.79 Å². The van der Waals surface area contributed by atoms with E-state index in [9.17, 15) is 13.2 Å². The Labute approximate surface area is 185 Å². The van der Waals surface area contributed by atoms with Crippen LogP contribution in [-0.4, -0.2) is 41.9 Å². The van der Waals surface area contributed by atoms with Gasteiger partial charge < -0.3 is 9.84 Å². The summed E-state index contributed by atoms with van der Waals surface area (Å²) in [5.41, 5.74) is 3.39. The van der Waals surface area contributed by atoms with Gasteiger partial charge in [-0.25, -0.2) is 8.42 Å². The number of carbonyl (C=O) groups excluding carboxylic acids is 1. The predicted octanol–water partition coefficient (Wildman–Crippen LogP) is 3.76. The highest BCUT2D eigenvalue weighted by Gasteiger charge is 2.34. The number of piperidine rings is 1. The molecule has 1 aliphatic rings. The van der Waals surface area contributed by atoms with Crippen molar-refractivity contribution < 1.29 is 17.7 Å². The monoisotopic (exact) mass is 460 g/mol. The number of nitrogens with one attached hydrogen (secondary N) is 1. The van der Waals surface area contributed by atoms with E-state index < -0.39 is 15.9 Å². The minimum absolute atomic E-state index is 0.150. The molecule has 0 radical (unpaired) electrons. The molecule has 164 valence electrons. The standard InChI is InChI=1S/C21H24N4O4S2/c1-13-6-7-14(2)18(9-13)23-21(26)16-5-4-8-25(11-16)31(27,28)19-10-17(12-30-19)20-22-15(3)29-24-20/h6-7,9-10,12,16H,4-5,8,11H2,1-3H3,(H,23,26). The molecule has 1 amide bonds. The highest BCUT2D eigenvalue weighted by molar-refractivity contribution is 7.91. The SMILES string of the molecule is Cc1ccc(C)c(NC(=O)C2CCCN(S(=O)(=O)c3cc(-c4noc(C)n4)cs3)C2)c1. The molecular formula is C21H24N4O4S2. The van der Waals surface area contributed by atoms with Crippen LogP contribution in [0, 0.1) is 26.7 Å². The topological polar surface area (TPSA) is 105 Å². The number of amides is 1. The van der Waals surface area contributed by atoms with Crippen LogP contribution < -0.4 is 5.32 Å². The number of hydrogen-bond donors (Lipinski definition) is 1. The van der Waals surface area contributed by atoms with E-state index in [2.05, 4.69) is 15.5 Å². The molecule has 8 nitrogen and oxygen atoms in total. The average molecular weight is 461 g/mol. The molecule has 0 bridgehead atoms. The molecule has 3 heterocycles. The number of hydrogen-bond acceptors (Lipinski definition) is 7. The van der Waals surface area contributed by atoms with E-state index in [0.717, 1.165) is 28.2 Å². The van der Waals surface area contributed by atoms with Crippen molar-refractivity contribution in [2.75, 3.05) is 18.4 Å². The zero-order valence-electron chi connectivity index (χ0n) is 17.6. The summed E-state index contributed by atoms with van der Waals surface area (Å²) in [5, 5.41) is 8.52. The lowest BCUT2D eigenvalue weighted by molar-refractivity contribution is -0.120. The maximum atomic E-state index is 13.2. The highest BCUT2D eigenvalue weighted by atomic mass is 32.2. The Balaban J connectivity index is 1.49. The van der Waals surface area contributed by atoms with Crippen molar-refractivity contribution in [3.05, 3.63) is 46.7 Å². The number of thiophene rings is 1. The van der Waals surface area contributed by atoms with Crippen molar-refractivity contribution in [2.24, 2.45) is 5.92 Å². The van der Waals surface area contributed by atoms with Crippen molar-refractivity contribution >= 4 is 33.0 Å². The van der Waals surface area contributed by atoms with E-state index in [-0.39, 0.29) is 16.7 Å². The second-order valence-electron chi connectivity index (χ2n) is 7.80. The van der Waals surface area contributed by atoms with Gasteiger partial charge >= 0.3 is 0 Å². The molecule has 1 saturated heterocycles. The average Bonchev–Trinajstić information content (AvgIpc) is 3.40. The normalized spacial score (nSPS) is 17.6. The largest absolute Gasteiger partial charge is 0.339 e. The van der Waals surface area contributed by atoms with E-state index >= 15 is 0 Å². The van der Waals surface area contributed by atoms with E-state index in [4.69, 9.17) is 4.52 Å². The predicted molar refractivity (Wildman–Crippen MR) is 118 cm³/mol. The van der Waals surface area contributed by atoms with E-state index in [0.29, 0.717) is 36.7 Å². The van der Waals surface area contributed by atoms with Crippen LogP contribution >= 0.6 is 11.3 Å². The quantitative estimate of drug-likeness (QED) is 0.621. The molecule has 1 aliphatic heterocycles. The van der Waals surface area contributed by atoms with Gasteiger partial charge in [-0.15, -0.1) is 11.3 Å². The lowest BCUT2D eigenvalue weighted by Gasteiger charge is -2.31. The van der Waals surface area contributed by atoms with Crippen LogP contribution in [0.4, 0.5) is 5.69 Å². The van der Waals surface area contributed by atoms with E-state index in [1.54, 1.807) is 18.4 Å². The second-order valence-corrected chi connectivity index (χ2v) is 10.9. The molecule has 3 aromatic rings. The summed E-state index contributed by atoms with van der Waals surface area (Å²) < 4.78 is 33.0. The summed E-state index contributed by atoms with van der Waals surface area (Å²) in [6.45, 7) is 6.14. The maximum Gasteiger partial charge on any atom is 0.252 e. The molecule has 1 aromatic carbocycles. The number of nitrogens with zero attached hydrogens (tertiary/aromatic N) is 3. The third-order valence-electron chi connectivity index (χ3n) is 5.36. The minimum atomic E-state index is -3.71. The number of benzene rings is 1. The van der Waals surface area contributed by atoms with E-state index in [1.807, 2.05) is 32.0 Å². The summed E-state index contributed by atoms with van der Waals surface area (Å²) in [4.78, 5) is 17.0. The van der Waals surface area contributed by atoms with Gasteiger partial charge in [0.05, 0.1) is 5.92 Å². The Kier molecular flexibility index (Phi) is 5.96. The van der Waals surface area contributed by atoms with Gasteiger partial charge in [0.15, 0.2) is 0 Å². The molecule has 2 aromatic heterocycles. The molecular weight excluding hydrogens is 436 g/mol. The van der Waals surface area contributed by atoms with Crippen LogP contribution in [0.15, 0.2) is 38.4 Å². The number of anilines is 1. The fourth-order valence-electron chi connectivity index (χ4n) is 3.59. The third-order valence-corrected chi connectivity index (χ3v) is 8.64. The molecule has 0 aliphatic carbocycles. The van der Waals surface area contributed by atoms with Crippen LogP contribution in [0.25, 0.3) is 11.4 Å². The van der Waals surface area contributed by atoms with Gasteiger partial charge in [0.2, 0.25) is 17.6 Å². The summed E-state index contributed by atoms with van der Waals surface area (Å²) in [5.74, 6) is 0.226.